The third-order valence-corrected chi connectivity index (χ3v) is 3.74. The second-order valence-corrected chi connectivity index (χ2v) is 5.75. The highest BCUT2D eigenvalue weighted by Crippen LogP contribution is 2.21. The zero-order valence-electron chi connectivity index (χ0n) is 13.8. The van der Waals surface area contributed by atoms with Crippen LogP contribution in [0, 0.1) is 6.92 Å². The fraction of sp³-hybridized carbons (Fsp3) is 0.211. The lowest BCUT2D eigenvalue weighted by atomic mass is 10.1. The first-order valence-corrected chi connectivity index (χ1v) is 8.03. The van der Waals surface area contributed by atoms with Crippen molar-refractivity contribution < 1.29 is 14.4 Å². The maximum atomic E-state index is 12.5. The average Bonchev–Trinajstić information content (AvgIpc) is 3.07. The zero-order chi connectivity index (χ0) is 17.6. The lowest BCUT2D eigenvalue weighted by Crippen LogP contribution is -2.33. The van der Waals surface area contributed by atoms with Crippen molar-refractivity contribution in [2.75, 3.05) is 6.54 Å². The van der Waals surface area contributed by atoms with E-state index in [0.717, 1.165) is 5.56 Å². The molecule has 2 N–H and O–H groups in total. The summed E-state index contributed by atoms with van der Waals surface area (Å²) in [5.74, 6) is 0.509. The number of nitrogens with one attached hydrogen (secondary N) is 1. The van der Waals surface area contributed by atoms with Crippen LogP contribution in [0.4, 0.5) is 0 Å². The number of carbonyl (C=O) groups excluding carboxylic acids is 1. The number of hydrogen-bond donors (Lipinski definition) is 2. The van der Waals surface area contributed by atoms with Crippen LogP contribution in [-0.4, -0.2) is 33.8 Å². The second-order valence-electron chi connectivity index (χ2n) is 5.75. The summed E-state index contributed by atoms with van der Waals surface area (Å²) in [5.41, 5.74) is 2.02. The van der Waals surface area contributed by atoms with Crippen molar-refractivity contribution in [1.82, 2.24) is 15.5 Å². The third kappa shape index (κ3) is 4.30. The molecule has 2 aromatic carbocycles. The van der Waals surface area contributed by atoms with Crippen LogP contribution >= 0.6 is 0 Å². The summed E-state index contributed by atoms with van der Waals surface area (Å²) in [5, 5.41) is 16.6. The molecule has 0 radical (unpaired) electrons. The molecule has 0 unspecified atom stereocenters. The number of nitrogens with zero attached hydrogens (tertiary/aromatic N) is 2. The molecule has 1 heterocycles. The molecule has 0 aliphatic carbocycles. The van der Waals surface area contributed by atoms with Crippen molar-refractivity contribution >= 4 is 5.91 Å². The van der Waals surface area contributed by atoms with E-state index in [1.165, 1.54) is 0 Å². The van der Waals surface area contributed by atoms with E-state index in [2.05, 4.69) is 15.5 Å². The lowest BCUT2D eigenvalue weighted by Gasteiger charge is -2.13. The normalized spacial score (nSPS) is 11.9. The number of aryl methyl sites for hydroxylation is 1. The van der Waals surface area contributed by atoms with Crippen LogP contribution in [0.1, 0.15) is 21.7 Å². The molecule has 0 saturated heterocycles. The number of carbonyl (C=O) groups is 1. The summed E-state index contributed by atoms with van der Waals surface area (Å²) in [4.78, 5) is 16.7. The highest BCUT2D eigenvalue weighted by atomic mass is 16.5. The Morgan fingerprint density at radius 3 is 2.60 bits per heavy atom. The van der Waals surface area contributed by atoms with Gasteiger partial charge in [-0.3, -0.25) is 4.79 Å². The van der Waals surface area contributed by atoms with Crippen LogP contribution in [0.5, 0.6) is 0 Å². The maximum Gasteiger partial charge on any atom is 0.258 e. The molecule has 1 atom stereocenters. The number of aliphatic hydroxyl groups is 1. The molecule has 0 saturated carbocycles. The van der Waals surface area contributed by atoms with Gasteiger partial charge in [-0.15, -0.1) is 0 Å². The van der Waals surface area contributed by atoms with E-state index in [4.69, 9.17) is 4.52 Å². The van der Waals surface area contributed by atoms with Gasteiger partial charge in [0, 0.05) is 13.0 Å². The fourth-order valence-electron chi connectivity index (χ4n) is 2.54. The SMILES string of the molecule is Cc1noc(-c2ccccc2C(=O)NC[C@@H](O)Cc2ccccc2)n1. The van der Waals surface area contributed by atoms with E-state index in [1.54, 1.807) is 31.2 Å². The number of aromatic nitrogens is 2. The molecule has 25 heavy (non-hydrogen) atoms. The Balaban J connectivity index is 1.66. The Morgan fingerprint density at radius 2 is 1.88 bits per heavy atom. The van der Waals surface area contributed by atoms with Crippen molar-refractivity contribution in [1.29, 1.82) is 0 Å². The highest BCUT2D eigenvalue weighted by molar-refractivity contribution is 5.99. The Bertz CT molecular complexity index is 846. The zero-order valence-corrected chi connectivity index (χ0v) is 13.8. The first-order chi connectivity index (χ1) is 12.1. The van der Waals surface area contributed by atoms with Gasteiger partial charge in [-0.05, 0) is 24.6 Å². The molecule has 3 rings (SSSR count). The summed E-state index contributed by atoms with van der Waals surface area (Å²) in [6, 6.07) is 16.7. The number of amides is 1. The highest BCUT2D eigenvalue weighted by Gasteiger charge is 2.17. The van der Waals surface area contributed by atoms with Gasteiger partial charge < -0.3 is 14.9 Å². The number of hydrogen-bond acceptors (Lipinski definition) is 5. The van der Waals surface area contributed by atoms with Gasteiger partial charge in [-0.1, -0.05) is 47.6 Å². The van der Waals surface area contributed by atoms with E-state index in [-0.39, 0.29) is 12.5 Å². The number of rotatable bonds is 6. The Hall–Kier alpha value is -2.99. The average molecular weight is 337 g/mol. The summed E-state index contributed by atoms with van der Waals surface area (Å²) in [6.45, 7) is 1.88. The largest absolute Gasteiger partial charge is 0.391 e. The maximum absolute atomic E-state index is 12.5. The summed E-state index contributed by atoms with van der Waals surface area (Å²) in [6.07, 6.45) is -0.185. The number of benzene rings is 2. The van der Waals surface area contributed by atoms with E-state index < -0.39 is 6.10 Å². The van der Waals surface area contributed by atoms with Crippen LogP contribution in [0.2, 0.25) is 0 Å². The van der Waals surface area contributed by atoms with Gasteiger partial charge in [0.05, 0.1) is 17.2 Å². The molecule has 3 aromatic rings. The molecule has 0 aliphatic heterocycles. The van der Waals surface area contributed by atoms with Crippen molar-refractivity contribution in [3.8, 4) is 11.5 Å². The minimum Gasteiger partial charge on any atom is -0.391 e. The lowest BCUT2D eigenvalue weighted by molar-refractivity contribution is 0.0916. The Morgan fingerprint density at radius 1 is 1.16 bits per heavy atom. The van der Waals surface area contributed by atoms with E-state index in [1.807, 2.05) is 30.3 Å². The van der Waals surface area contributed by atoms with Crippen molar-refractivity contribution in [2.24, 2.45) is 0 Å². The molecular formula is C19H19N3O3. The molecule has 6 heteroatoms. The van der Waals surface area contributed by atoms with Crippen molar-refractivity contribution in [2.45, 2.75) is 19.4 Å². The quantitative estimate of drug-likeness (QED) is 0.721. The van der Waals surface area contributed by atoms with E-state index >= 15 is 0 Å². The molecule has 6 nitrogen and oxygen atoms in total. The summed E-state index contributed by atoms with van der Waals surface area (Å²) >= 11 is 0. The topological polar surface area (TPSA) is 88.2 Å². The Kier molecular flexibility index (Phi) is 5.20. The molecule has 1 aromatic heterocycles. The van der Waals surface area contributed by atoms with Gasteiger partial charge in [0.2, 0.25) is 0 Å². The number of aliphatic hydroxyl groups excluding tert-OH is 1. The fourth-order valence-corrected chi connectivity index (χ4v) is 2.54. The van der Waals surface area contributed by atoms with Crippen molar-refractivity contribution in [3.63, 3.8) is 0 Å². The smallest absolute Gasteiger partial charge is 0.258 e. The predicted molar refractivity (Wildman–Crippen MR) is 93.0 cm³/mol. The molecule has 1 amide bonds. The van der Waals surface area contributed by atoms with Gasteiger partial charge >= 0.3 is 0 Å². The standard InChI is InChI=1S/C19H19N3O3/c1-13-21-19(25-22-13)17-10-6-5-9-16(17)18(24)20-12-15(23)11-14-7-3-2-4-8-14/h2-10,15,23H,11-12H2,1H3,(H,20,24)/t15-/m0/s1. The van der Waals surface area contributed by atoms with E-state index in [9.17, 15) is 9.90 Å². The van der Waals surface area contributed by atoms with E-state index in [0.29, 0.717) is 29.3 Å². The molecule has 0 bridgehead atoms. The molecule has 0 aliphatic rings. The molecule has 128 valence electrons. The van der Waals surface area contributed by atoms with Crippen LogP contribution in [0.25, 0.3) is 11.5 Å². The Labute approximate surface area is 145 Å². The minimum atomic E-state index is -0.663. The van der Waals surface area contributed by atoms with Gasteiger partial charge in [-0.2, -0.15) is 4.98 Å². The van der Waals surface area contributed by atoms with Crippen LogP contribution in [0.3, 0.4) is 0 Å². The van der Waals surface area contributed by atoms with Gasteiger partial charge in [0.25, 0.3) is 11.8 Å². The summed E-state index contributed by atoms with van der Waals surface area (Å²) in [7, 11) is 0. The monoisotopic (exact) mass is 337 g/mol. The molecular weight excluding hydrogens is 318 g/mol. The van der Waals surface area contributed by atoms with Crippen molar-refractivity contribution in [3.05, 3.63) is 71.5 Å². The van der Waals surface area contributed by atoms with Crippen LogP contribution in [-0.2, 0) is 6.42 Å². The summed E-state index contributed by atoms with van der Waals surface area (Å²) < 4.78 is 5.16. The van der Waals surface area contributed by atoms with Crippen LogP contribution < -0.4 is 5.32 Å². The predicted octanol–water partition coefficient (Wildman–Crippen LogP) is 2.38. The molecule has 0 fully saturated rings. The van der Waals surface area contributed by atoms with Gasteiger partial charge in [-0.25, -0.2) is 0 Å². The van der Waals surface area contributed by atoms with Crippen LogP contribution in [0.15, 0.2) is 59.1 Å². The third-order valence-electron chi connectivity index (χ3n) is 3.74. The molecule has 0 spiro atoms. The first-order valence-electron chi connectivity index (χ1n) is 8.03. The minimum absolute atomic E-state index is 0.158. The second kappa shape index (κ2) is 7.72. The van der Waals surface area contributed by atoms with Gasteiger partial charge in [0.1, 0.15) is 0 Å². The van der Waals surface area contributed by atoms with Gasteiger partial charge in [0.15, 0.2) is 5.82 Å². The first kappa shape index (κ1) is 16.9.